The number of aromatic nitrogens is 2. The van der Waals surface area contributed by atoms with Crippen molar-refractivity contribution in [2.75, 3.05) is 6.54 Å². The summed E-state index contributed by atoms with van der Waals surface area (Å²) in [5.41, 5.74) is 6.85. The smallest absolute Gasteiger partial charge is 0.0681 e. The standard InChI is InChI=1S/C12H23N3/c1-10(2)9-15-8-5-11(14-15)12(3,4)6-7-13/h5,8,10H,6-7,9,13H2,1-4H3. The summed E-state index contributed by atoms with van der Waals surface area (Å²) in [5.74, 6) is 0.635. The molecule has 0 saturated carbocycles. The van der Waals surface area contributed by atoms with E-state index in [1.54, 1.807) is 0 Å². The van der Waals surface area contributed by atoms with Gasteiger partial charge in [-0.15, -0.1) is 0 Å². The Hall–Kier alpha value is -0.830. The maximum absolute atomic E-state index is 5.60. The van der Waals surface area contributed by atoms with Gasteiger partial charge in [0.25, 0.3) is 0 Å². The molecule has 1 rings (SSSR count). The van der Waals surface area contributed by atoms with E-state index in [1.807, 2.05) is 4.68 Å². The summed E-state index contributed by atoms with van der Waals surface area (Å²) in [6.07, 6.45) is 3.04. The van der Waals surface area contributed by atoms with E-state index in [4.69, 9.17) is 5.73 Å². The molecule has 0 bridgehead atoms. The monoisotopic (exact) mass is 209 g/mol. The van der Waals surface area contributed by atoms with Crippen LogP contribution in [-0.2, 0) is 12.0 Å². The van der Waals surface area contributed by atoms with Crippen molar-refractivity contribution >= 4 is 0 Å². The summed E-state index contributed by atoms with van der Waals surface area (Å²) in [4.78, 5) is 0. The quantitative estimate of drug-likeness (QED) is 0.807. The maximum atomic E-state index is 5.60. The molecule has 1 aromatic heterocycles. The van der Waals surface area contributed by atoms with E-state index >= 15 is 0 Å². The Morgan fingerprint density at radius 3 is 2.67 bits per heavy atom. The molecule has 3 nitrogen and oxygen atoms in total. The average Bonchev–Trinajstić information content (AvgIpc) is 2.51. The molecule has 0 aliphatic carbocycles. The Morgan fingerprint density at radius 2 is 2.13 bits per heavy atom. The molecular weight excluding hydrogens is 186 g/mol. The zero-order chi connectivity index (χ0) is 11.5. The van der Waals surface area contributed by atoms with Gasteiger partial charge in [0.2, 0.25) is 0 Å². The SMILES string of the molecule is CC(C)Cn1ccc(C(C)(C)CCN)n1. The van der Waals surface area contributed by atoms with Crippen LogP contribution in [-0.4, -0.2) is 16.3 Å². The average molecular weight is 209 g/mol. The van der Waals surface area contributed by atoms with Gasteiger partial charge in [-0.25, -0.2) is 0 Å². The first-order chi connectivity index (χ1) is 6.95. The summed E-state index contributed by atoms with van der Waals surface area (Å²) in [6, 6.07) is 2.11. The van der Waals surface area contributed by atoms with Gasteiger partial charge >= 0.3 is 0 Å². The zero-order valence-electron chi connectivity index (χ0n) is 10.3. The van der Waals surface area contributed by atoms with Crippen molar-refractivity contribution in [3.63, 3.8) is 0 Å². The van der Waals surface area contributed by atoms with Crippen molar-refractivity contribution in [2.45, 2.75) is 46.1 Å². The molecule has 0 aliphatic heterocycles. The van der Waals surface area contributed by atoms with Crippen LogP contribution in [0, 0.1) is 5.92 Å². The fraction of sp³-hybridized carbons (Fsp3) is 0.750. The molecule has 0 aliphatic rings. The number of nitrogens with zero attached hydrogens (tertiary/aromatic N) is 2. The molecule has 1 aromatic rings. The highest BCUT2D eigenvalue weighted by Gasteiger charge is 2.22. The molecule has 15 heavy (non-hydrogen) atoms. The highest BCUT2D eigenvalue weighted by molar-refractivity contribution is 5.12. The third kappa shape index (κ3) is 3.34. The molecular formula is C12H23N3. The van der Waals surface area contributed by atoms with Crippen LogP contribution in [0.15, 0.2) is 12.3 Å². The molecule has 0 spiro atoms. The second kappa shape index (κ2) is 4.79. The predicted molar refractivity (Wildman–Crippen MR) is 63.8 cm³/mol. The maximum Gasteiger partial charge on any atom is 0.0681 e. The van der Waals surface area contributed by atoms with Crippen LogP contribution in [0.5, 0.6) is 0 Å². The minimum absolute atomic E-state index is 0.0942. The second-order valence-electron chi connectivity index (χ2n) is 5.24. The number of hydrogen-bond acceptors (Lipinski definition) is 2. The normalized spacial score (nSPS) is 12.4. The second-order valence-corrected chi connectivity index (χ2v) is 5.24. The Kier molecular flexibility index (Phi) is 3.91. The Bertz CT molecular complexity index is 300. The minimum atomic E-state index is 0.0942. The van der Waals surface area contributed by atoms with Crippen LogP contribution in [0.4, 0.5) is 0 Å². The lowest BCUT2D eigenvalue weighted by molar-refractivity contribution is 0.439. The fourth-order valence-corrected chi connectivity index (χ4v) is 1.69. The molecule has 2 N–H and O–H groups in total. The minimum Gasteiger partial charge on any atom is -0.330 e. The first kappa shape index (κ1) is 12.2. The number of rotatable bonds is 5. The Labute approximate surface area is 92.7 Å². The van der Waals surface area contributed by atoms with Gasteiger partial charge in [-0.1, -0.05) is 27.7 Å². The van der Waals surface area contributed by atoms with Gasteiger partial charge in [-0.05, 0) is 24.9 Å². The molecule has 0 unspecified atom stereocenters. The van der Waals surface area contributed by atoms with E-state index < -0.39 is 0 Å². The Balaban J connectivity index is 2.74. The lowest BCUT2D eigenvalue weighted by atomic mass is 9.86. The Morgan fingerprint density at radius 1 is 1.47 bits per heavy atom. The van der Waals surface area contributed by atoms with E-state index in [-0.39, 0.29) is 5.41 Å². The molecule has 0 atom stereocenters. The van der Waals surface area contributed by atoms with E-state index in [9.17, 15) is 0 Å². The summed E-state index contributed by atoms with van der Waals surface area (Å²) >= 11 is 0. The van der Waals surface area contributed by atoms with Gasteiger partial charge in [-0.2, -0.15) is 5.10 Å². The lowest BCUT2D eigenvalue weighted by Gasteiger charge is -2.21. The van der Waals surface area contributed by atoms with Crippen molar-refractivity contribution in [2.24, 2.45) is 11.7 Å². The van der Waals surface area contributed by atoms with Crippen LogP contribution in [0.25, 0.3) is 0 Å². The summed E-state index contributed by atoms with van der Waals surface area (Å²) < 4.78 is 2.03. The molecule has 3 heteroatoms. The van der Waals surface area contributed by atoms with Crippen LogP contribution in [0.2, 0.25) is 0 Å². The van der Waals surface area contributed by atoms with E-state index in [1.165, 1.54) is 0 Å². The van der Waals surface area contributed by atoms with Crippen molar-refractivity contribution in [1.82, 2.24) is 9.78 Å². The zero-order valence-corrected chi connectivity index (χ0v) is 10.3. The third-order valence-corrected chi connectivity index (χ3v) is 2.66. The van der Waals surface area contributed by atoms with Gasteiger partial charge < -0.3 is 5.73 Å². The van der Waals surface area contributed by atoms with Gasteiger partial charge in [-0.3, -0.25) is 4.68 Å². The number of hydrogen-bond donors (Lipinski definition) is 1. The van der Waals surface area contributed by atoms with Crippen molar-refractivity contribution in [3.05, 3.63) is 18.0 Å². The molecule has 0 radical (unpaired) electrons. The summed E-state index contributed by atoms with van der Waals surface area (Å²) in [7, 11) is 0. The van der Waals surface area contributed by atoms with Crippen LogP contribution in [0.3, 0.4) is 0 Å². The van der Waals surface area contributed by atoms with Crippen LogP contribution < -0.4 is 5.73 Å². The predicted octanol–water partition coefficient (Wildman–Crippen LogP) is 2.17. The van der Waals surface area contributed by atoms with Crippen molar-refractivity contribution in [3.8, 4) is 0 Å². The highest BCUT2D eigenvalue weighted by atomic mass is 15.3. The third-order valence-electron chi connectivity index (χ3n) is 2.66. The van der Waals surface area contributed by atoms with Gasteiger partial charge in [0.15, 0.2) is 0 Å². The first-order valence-electron chi connectivity index (χ1n) is 5.69. The van der Waals surface area contributed by atoms with Gasteiger partial charge in [0.05, 0.1) is 5.69 Å². The van der Waals surface area contributed by atoms with E-state index in [0.29, 0.717) is 12.5 Å². The van der Waals surface area contributed by atoms with Gasteiger partial charge in [0.1, 0.15) is 0 Å². The van der Waals surface area contributed by atoms with Crippen molar-refractivity contribution in [1.29, 1.82) is 0 Å². The first-order valence-corrected chi connectivity index (χ1v) is 5.69. The summed E-state index contributed by atoms with van der Waals surface area (Å²) in [5, 5.41) is 4.60. The van der Waals surface area contributed by atoms with E-state index in [0.717, 1.165) is 18.7 Å². The van der Waals surface area contributed by atoms with Crippen LogP contribution >= 0.6 is 0 Å². The lowest BCUT2D eigenvalue weighted by Crippen LogP contribution is -2.22. The molecule has 0 saturated heterocycles. The highest BCUT2D eigenvalue weighted by Crippen LogP contribution is 2.24. The molecule has 0 amide bonds. The molecule has 0 fully saturated rings. The van der Waals surface area contributed by atoms with Gasteiger partial charge in [0, 0.05) is 18.2 Å². The van der Waals surface area contributed by atoms with Crippen LogP contribution in [0.1, 0.15) is 39.8 Å². The number of nitrogens with two attached hydrogens (primary N) is 1. The summed E-state index contributed by atoms with van der Waals surface area (Å²) in [6.45, 7) is 10.5. The van der Waals surface area contributed by atoms with E-state index in [2.05, 4.69) is 45.1 Å². The molecule has 86 valence electrons. The fourth-order valence-electron chi connectivity index (χ4n) is 1.69. The topological polar surface area (TPSA) is 43.8 Å². The molecule has 1 heterocycles. The largest absolute Gasteiger partial charge is 0.330 e. The molecule has 0 aromatic carbocycles. The van der Waals surface area contributed by atoms with Crippen molar-refractivity contribution < 1.29 is 0 Å².